The molecule has 1 aromatic heterocycles. The van der Waals surface area contributed by atoms with Gasteiger partial charge in [-0.15, -0.1) is 0 Å². The number of carbonyl (C=O) groups is 1. The summed E-state index contributed by atoms with van der Waals surface area (Å²) in [5.41, 5.74) is 2.01. The Morgan fingerprint density at radius 1 is 1.50 bits per heavy atom. The van der Waals surface area contributed by atoms with E-state index in [1.54, 1.807) is 18.9 Å². The average molecular weight is 292 g/mol. The lowest BCUT2D eigenvalue weighted by molar-refractivity contribution is -0.128. The summed E-state index contributed by atoms with van der Waals surface area (Å²) in [6.45, 7) is 3.08. The summed E-state index contributed by atoms with van der Waals surface area (Å²) in [6.07, 6.45) is 2.56. The summed E-state index contributed by atoms with van der Waals surface area (Å²) in [5.74, 6) is 1.73. The Hall–Kier alpha value is -1.55. The summed E-state index contributed by atoms with van der Waals surface area (Å²) in [6, 6.07) is 5.76. The van der Waals surface area contributed by atoms with E-state index in [9.17, 15) is 4.79 Å². The zero-order valence-corrected chi connectivity index (χ0v) is 12.5. The molecule has 0 atom stereocenters. The highest BCUT2D eigenvalue weighted by atomic mass is 35.5. The van der Waals surface area contributed by atoms with Gasteiger partial charge < -0.3 is 9.47 Å². The van der Waals surface area contributed by atoms with Gasteiger partial charge in [0.25, 0.3) is 0 Å². The number of fused-ring (bicyclic) bond motifs is 1. The van der Waals surface area contributed by atoms with Crippen LogP contribution in [0, 0.1) is 5.92 Å². The fraction of sp³-hybridized carbons (Fsp3) is 0.467. The van der Waals surface area contributed by atoms with E-state index in [1.807, 2.05) is 18.2 Å². The molecule has 0 aliphatic heterocycles. The molecule has 1 fully saturated rings. The number of amides is 1. The molecule has 0 unspecified atom stereocenters. The summed E-state index contributed by atoms with van der Waals surface area (Å²) in [7, 11) is 1.80. The molecule has 1 saturated carbocycles. The molecule has 3 rings (SSSR count). The molecule has 1 amide bonds. The van der Waals surface area contributed by atoms with Gasteiger partial charge in [0.15, 0.2) is 0 Å². The van der Waals surface area contributed by atoms with Gasteiger partial charge in [0, 0.05) is 25.5 Å². The van der Waals surface area contributed by atoms with E-state index >= 15 is 0 Å². The second kappa shape index (κ2) is 5.09. The number of benzene rings is 1. The third kappa shape index (κ3) is 2.66. The highest BCUT2D eigenvalue weighted by molar-refractivity contribution is 6.31. The first-order valence-corrected chi connectivity index (χ1v) is 7.29. The molecule has 106 valence electrons. The maximum atomic E-state index is 11.4. The molecule has 1 aromatic carbocycles. The maximum absolute atomic E-state index is 11.4. The molecule has 0 spiro atoms. The van der Waals surface area contributed by atoms with Crippen molar-refractivity contribution < 1.29 is 4.79 Å². The molecule has 2 aromatic rings. The van der Waals surface area contributed by atoms with Crippen molar-refractivity contribution >= 4 is 28.5 Å². The minimum atomic E-state index is 0.0491. The number of imidazole rings is 1. The summed E-state index contributed by atoms with van der Waals surface area (Å²) in [5, 5.41) is 0.723. The van der Waals surface area contributed by atoms with Crippen LogP contribution in [0.15, 0.2) is 18.2 Å². The molecule has 20 heavy (non-hydrogen) atoms. The highest BCUT2D eigenvalue weighted by Gasteiger charge is 2.24. The first-order valence-electron chi connectivity index (χ1n) is 6.91. The van der Waals surface area contributed by atoms with E-state index in [1.165, 1.54) is 12.8 Å². The number of nitrogens with zero attached hydrogens (tertiary/aromatic N) is 3. The Kier molecular flexibility index (Phi) is 3.42. The standard InChI is InChI=1S/C15H18ClN3O/c1-10(20)18(2)9-15-17-13-6-5-12(16)7-14(13)19(15)8-11-3-4-11/h5-7,11H,3-4,8-9H2,1-2H3. The Balaban J connectivity index is 2.02. The number of halogens is 1. The molecule has 0 saturated heterocycles. The van der Waals surface area contributed by atoms with E-state index in [0.717, 1.165) is 34.3 Å². The molecule has 1 heterocycles. The van der Waals surface area contributed by atoms with E-state index < -0.39 is 0 Å². The van der Waals surface area contributed by atoms with Gasteiger partial charge in [-0.05, 0) is 37.0 Å². The van der Waals surface area contributed by atoms with Crippen LogP contribution >= 0.6 is 11.6 Å². The van der Waals surface area contributed by atoms with Crippen LogP contribution in [0.1, 0.15) is 25.6 Å². The summed E-state index contributed by atoms with van der Waals surface area (Å²) in [4.78, 5) is 17.8. The maximum Gasteiger partial charge on any atom is 0.219 e. The Labute approximate surface area is 123 Å². The molecule has 0 bridgehead atoms. The lowest BCUT2D eigenvalue weighted by Crippen LogP contribution is -2.25. The molecule has 1 aliphatic carbocycles. The van der Waals surface area contributed by atoms with E-state index in [0.29, 0.717) is 6.54 Å². The van der Waals surface area contributed by atoms with E-state index in [-0.39, 0.29) is 5.91 Å². The van der Waals surface area contributed by atoms with Crippen LogP contribution in [0.4, 0.5) is 0 Å². The fourth-order valence-corrected chi connectivity index (χ4v) is 2.52. The van der Waals surface area contributed by atoms with E-state index in [4.69, 9.17) is 11.6 Å². The number of hydrogen-bond acceptors (Lipinski definition) is 2. The third-order valence-electron chi connectivity index (χ3n) is 3.84. The quantitative estimate of drug-likeness (QED) is 0.868. The number of hydrogen-bond donors (Lipinski definition) is 0. The predicted octanol–water partition coefficient (Wildman–Crippen LogP) is 3.08. The van der Waals surface area contributed by atoms with Gasteiger partial charge in [-0.3, -0.25) is 4.79 Å². The lowest BCUT2D eigenvalue weighted by Gasteiger charge is -2.16. The van der Waals surface area contributed by atoms with Gasteiger partial charge in [-0.25, -0.2) is 4.98 Å². The average Bonchev–Trinajstić information content (AvgIpc) is 3.15. The Morgan fingerprint density at radius 3 is 2.90 bits per heavy atom. The molecule has 0 radical (unpaired) electrons. The molecule has 5 heteroatoms. The SMILES string of the molecule is CC(=O)N(C)Cc1nc2ccc(Cl)cc2n1CC1CC1. The number of aromatic nitrogens is 2. The number of rotatable bonds is 4. The van der Waals surface area contributed by atoms with Crippen molar-refractivity contribution in [2.45, 2.75) is 32.9 Å². The largest absolute Gasteiger partial charge is 0.339 e. The van der Waals surface area contributed by atoms with Crippen LogP contribution < -0.4 is 0 Å². The minimum absolute atomic E-state index is 0.0491. The van der Waals surface area contributed by atoms with Crippen LogP contribution in [0.2, 0.25) is 5.02 Å². The predicted molar refractivity (Wildman–Crippen MR) is 79.6 cm³/mol. The fourth-order valence-electron chi connectivity index (χ4n) is 2.35. The lowest BCUT2D eigenvalue weighted by atomic mass is 10.3. The molecular formula is C15H18ClN3O. The van der Waals surface area contributed by atoms with Crippen LogP contribution in [0.25, 0.3) is 11.0 Å². The first-order chi connectivity index (χ1) is 9.54. The van der Waals surface area contributed by atoms with Crippen LogP contribution in [-0.2, 0) is 17.9 Å². The zero-order valence-electron chi connectivity index (χ0n) is 11.8. The van der Waals surface area contributed by atoms with Gasteiger partial charge in [-0.1, -0.05) is 11.6 Å². The molecular weight excluding hydrogens is 274 g/mol. The molecule has 1 aliphatic rings. The van der Waals surface area contributed by atoms with Crippen molar-refractivity contribution in [1.82, 2.24) is 14.5 Å². The Morgan fingerprint density at radius 2 is 2.25 bits per heavy atom. The van der Waals surface area contributed by atoms with Crippen molar-refractivity contribution in [3.63, 3.8) is 0 Å². The molecule has 0 N–H and O–H groups in total. The number of carbonyl (C=O) groups excluding carboxylic acids is 1. The second-order valence-corrected chi connectivity index (χ2v) is 6.03. The van der Waals surface area contributed by atoms with Crippen LogP contribution in [0.5, 0.6) is 0 Å². The zero-order chi connectivity index (χ0) is 14.3. The normalized spacial score (nSPS) is 14.8. The molecule has 4 nitrogen and oxygen atoms in total. The third-order valence-corrected chi connectivity index (χ3v) is 4.08. The van der Waals surface area contributed by atoms with Crippen LogP contribution in [0.3, 0.4) is 0 Å². The minimum Gasteiger partial charge on any atom is -0.339 e. The highest BCUT2D eigenvalue weighted by Crippen LogP contribution is 2.33. The van der Waals surface area contributed by atoms with E-state index in [2.05, 4.69) is 9.55 Å². The monoisotopic (exact) mass is 291 g/mol. The van der Waals surface area contributed by atoms with Gasteiger partial charge in [-0.2, -0.15) is 0 Å². The van der Waals surface area contributed by atoms with Crippen molar-refractivity contribution in [3.05, 3.63) is 29.0 Å². The topological polar surface area (TPSA) is 38.1 Å². The summed E-state index contributed by atoms with van der Waals surface area (Å²) < 4.78 is 2.22. The summed E-state index contributed by atoms with van der Waals surface area (Å²) >= 11 is 6.10. The van der Waals surface area contributed by atoms with Crippen molar-refractivity contribution in [1.29, 1.82) is 0 Å². The van der Waals surface area contributed by atoms with Gasteiger partial charge in [0.1, 0.15) is 5.82 Å². The van der Waals surface area contributed by atoms with Crippen molar-refractivity contribution in [3.8, 4) is 0 Å². The van der Waals surface area contributed by atoms with Gasteiger partial charge in [0.05, 0.1) is 17.6 Å². The van der Waals surface area contributed by atoms with Crippen molar-refractivity contribution in [2.75, 3.05) is 7.05 Å². The van der Waals surface area contributed by atoms with Crippen LogP contribution in [-0.4, -0.2) is 27.4 Å². The smallest absolute Gasteiger partial charge is 0.219 e. The van der Waals surface area contributed by atoms with Crippen molar-refractivity contribution in [2.24, 2.45) is 5.92 Å². The van der Waals surface area contributed by atoms with Gasteiger partial charge >= 0.3 is 0 Å². The first kappa shape index (κ1) is 13.4. The second-order valence-electron chi connectivity index (χ2n) is 5.59. The Bertz CT molecular complexity index is 660. The van der Waals surface area contributed by atoms with Gasteiger partial charge in [0.2, 0.25) is 5.91 Å².